The molecular weight excluding hydrogens is 190 g/mol. The summed E-state index contributed by atoms with van der Waals surface area (Å²) in [7, 11) is 3.81. The molecule has 0 aromatic heterocycles. The van der Waals surface area contributed by atoms with Crippen LogP contribution in [0.4, 0.5) is 11.4 Å². The third-order valence-corrected chi connectivity index (χ3v) is 1.60. The van der Waals surface area contributed by atoms with E-state index in [0.29, 0.717) is 0 Å². The predicted octanol–water partition coefficient (Wildman–Crippen LogP) is 1.87. The minimum Gasteiger partial charge on any atom is -0.369 e. The fourth-order valence-electron chi connectivity index (χ4n) is 1.05. The van der Waals surface area contributed by atoms with Crippen LogP contribution in [0.5, 0.6) is 0 Å². The highest BCUT2D eigenvalue weighted by atomic mass is 16.1. The number of anilines is 1. The normalized spacial score (nSPS) is 10.3. The Morgan fingerprint density at radius 1 is 1.47 bits per heavy atom. The summed E-state index contributed by atoms with van der Waals surface area (Å²) in [5, 5.41) is 2.71. The summed E-state index contributed by atoms with van der Waals surface area (Å²) in [4.78, 5) is 16.9. The lowest BCUT2D eigenvalue weighted by Crippen LogP contribution is -2.07. The van der Waals surface area contributed by atoms with Crippen LogP contribution < -0.4 is 5.32 Å². The first-order valence-electron chi connectivity index (χ1n) is 4.66. The van der Waals surface area contributed by atoms with Gasteiger partial charge in [0.1, 0.15) is 0 Å². The Labute approximate surface area is 89.6 Å². The van der Waals surface area contributed by atoms with Crippen molar-refractivity contribution in [1.82, 2.24) is 4.90 Å². The van der Waals surface area contributed by atoms with Crippen LogP contribution in [0.2, 0.25) is 0 Å². The van der Waals surface area contributed by atoms with Gasteiger partial charge in [-0.3, -0.25) is 4.79 Å². The van der Waals surface area contributed by atoms with Crippen molar-refractivity contribution in [3.05, 3.63) is 24.3 Å². The fraction of sp³-hybridized carbons (Fsp3) is 0.273. The Hall–Kier alpha value is -1.84. The smallest absolute Gasteiger partial charge is 0.221 e. The van der Waals surface area contributed by atoms with Crippen LogP contribution in [0.1, 0.15) is 6.92 Å². The first-order chi connectivity index (χ1) is 7.08. The monoisotopic (exact) mass is 205 g/mol. The van der Waals surface area contributed by atoms with E-state index in [1.54, 1.807) is 6.34 Å². The molecule has 1 aromatic carbocycles. The van der Waals surface area contributed by atoms with E-state index in [-0.39, 0.29) is 5.91 Å². The number of benzene rings is 1. The Kier molecular flexibility index (Phi) is 3.85. The number of carbonyl (C=O) groups excluding carboxylic acids is 1. The molecule has 0 saturated carbocycles. The third-order valence-electron chi connectivity index (χ3n) is 1.60. The van der Waals surface area contributed by atoms with Crippen LogP contribution in [0.25, 0.3) is 0 Å². The van der Waals surface area contributed by atoms with Crippen molar-refractivity contribution in [1.29, 1.82) is 0 Å². The number of nitrogens with one attached hydrogen (secondary N) is 1. The molecule has 0 fully saturated rings. The lowest BCUT2D eigenvalue weighted by atomic mass is 10.3. The molecule has 0 aliphatic rings. The molecular formula is C11H15N3O. The summed E-state index contributed by atoms with van der Waals surface area (Å²) in [6.45, 7) is 1.48. The second-order valence-corrected chi connectivity index (χ2v) is 3.44. The van der Waals surface area contributed by atoms with Gasteiger partial charge in [0.25, 0.3) is 0 Å². The summed E-state index contributed by atoms with van der Waals surface area (Å²) in [5.74, 6) is -0.0799. The molecule has 0 unspecified atom stereocenters. The Morgan fingerprint density at radius 2 is 2.20 bits per heavy atom. The third kappa shape index (κ3) is 4.26. The van der Waals surface area contributed by atoms with Crippen LogP contribution in [-0.4, -0.2) is 31.2 Å². The summed E-state index contributed by atoms with van der Waals surface area (Å²) in [6, 6.07) is 7.39. The van der Waals surface area contributed by atoms with Crippen LogP contribution in [-0.2, 0) is 4.79 Å². The summed E-state index contributed by atoms with van der Waals surface area (Å²) < 4.78 is 0. The lowest BCUT2D eigenvalue weighted by molar-refractivity contribution is -0.114. The zero-order valence-corrected chi connectivity index (χ0v) is 9.19. The van der Waals surface area contributed by atoms with E-state index in [1.807, 2.05) is 43.3 Å². The van der Waals surface area contributed by atoms with Gasteiger partial charge < -0.3 is 10.2 Å². The first kappa shape index (κ1) is 11.2. The largest absolute Gasteiger partial charge is 0.369 e. The number of amides is 1. The number of aliphatic imine (C=N–C) groups is 1. The first-order valence-corrected chi connectivity index (χ1v) is 4.66. The molecule has 4 heteroatoms. The zero-order valence-electron chi connectivity index (χ0n) is 9.19. The number of rotatable bonds is 3. The van der Waals surface area contributed by atoms with Gasteiger partial charge in [-0.15, -0.1) is 0 Å². The van der Waals surface area contributed by atoms with Crippen LogP contribution in [0.15, 0.2) is 29.3 Å². The highest BCUT2D eigenvalue weighted by Crippen LogP contribution is 2.17. The molecule has 1 aromatic rings. The Balaban J connectivity index is 2.78. The van der Waals surface area contributed by atoms with Gasteiger partial charge in [-0.05, 0) is 18.2 Å². The fourth-order valence-corrected chi connectivity index (χ4v) is 1.05. The van der Waals surface area contributed by atoms with Crippen molar-refractivity contribution >= 4 is 23.6 Å². The minimum atomic E-state index is -0.0799. The summed E-state index contributed by atoms with van der Waals surface area (Å²) in [5.41, 5.74) is 1.57. The second-order valence-electron chi connectivity index (χ2n) is 3.44. The summed E-state index contributed by atoms with van der Waals surface area (Å²) in [6.07, 6.45) is 1.72. The van der Waals surface area contributed by atoms with E-state index >= 15 is 0 Å². The van der Waals surface area contributed by atoms with E-state index < -0.39 is 0 Å². The Morgan fingerprint density at radius 3 is 2.80 bits per heavy atom. The molecule has 0 bridgehead atoms. The molecule has 1 amide bonds. The van der Waals surface area contributed by atoms with Gasteiger partial charge in [0, 0.05) is 26.7 Å². The molecule has 0 aliphatic carbocycles. The molecule has 4 nitrogen and oxygen atoms in total. The van der Waals surface area contributed by atoms with E-state index in [1.165, 1.54) is 6.92 Å². The molecule has 0 atom stereocenters. The standard InChI is InChI=1S/C11H15N3O/c1-9(15)13-11-6-4-5-10(7-11)12-8-14(2)3/h4-8H,1-3H3,(H,13,15). The van der Waals surface area contributed by atoms with E-state index in [9.17, 15) is 4.79 Å². The molecule has 0 radical (unpaired) electrons. The van der Waals surface area contributed by atoms with Gasteiger partial charge in [-0.1, -0.05) is 6.07 Å². The minimum absolute atomic E-state index is 0.0799. The van der Waals surface area contributed by atoms with Crippen molar-refractivity contribution < 1.29 is 4.79 Å². The highest BCUT2D eigenvalue weighted by Gasteiger charge is 1.95. The maximum absolute atomic E-state index is 10.8. The van der Waals surface area contributed by atoms with Crippen molar-refractivity contribution in [2.45, 2.75) is 6.92 Å². The van der Waals surface area contributed by atoms with Gasteiger partial charge in [0.15, 0.2) is 0 Å². The van der Waals surface area contributed by atoms with Gasteiger partial charge in [-0.25, -0.2) is 4.99 Å². The van der Waals surface area contributed by atoms with Crippen molar-refractivity contribution in [2.24, 2.45) is 4.99 Å². The average Bonchev–Trinajstić information content (AvgIpc) is 2.14. The van der Waals surface area contributed by atoms with Gasteiger partial charge >= 0.3 is 0 Å². The number of carbonyl (C=O) groups is 1. The molecule has 80 valence electrons. The quantitative estimate of drug-likeness (QED) is 0.604. The molecule has 0 saturated heterocycles. The molecule has 0 spiro atoms. The molecule has 1 N–H and O–H groups in total. The highest BCUT2D eigenvalue weighted by molar-refractivity contribution is 5.89. The van der Waals surface area contributed by atoms with Gasteiger partial charge in [0.2, 0.25) is 5.91 Å². The van der Waals surface area contributed by atoms with E-state index in [2.05, 4.69) is 10.3 Å². The number of nitrogens with zero attached hydrogens (tertiary/aromatic N) is 2. The number of hydrogen-bond acceptors (Lipinski definition) is 2. The van der Waals surface area contributed by atoms with E-state index in [0.717, 1.165) is 11.4 Å². The van der Waals surface area contributed by atoms with Crippen LogP contribution >= 0.6 is 0 Å². The summed E-state index contributed by atoms with van der Waals surface area (Å²) >= 11 is 0. The van der Waals surface area contributed by atoms with Crippen LogP contribution in [0.3, 0.4) is 0 Å². The van der Waals surface area contributed by atoms with Gasteiger partial charge in [0.05, 0.1) is 12.0 Å². The maximum Gasteiger partial charge on any atom is 0.221 e. The average molecular weight is 205 g/mol. The SMILES string of the molecule is CC(=O)Nc1cccc(N=CN(C)C)c1. The van der Waals surface area contributed by atoms with Crippen molar-refractivity contribution in [3.63, 3.8) is 0 Å². The molecule has 15 heavy (non-hydrogen) atoms. The molecule has 0 aliphatic heterocycles. The number of hydrogen-bond donors (Lipinski definition) is 1. The Bertz CT molecular complexity index is 372. The lowest BCUT2D eigenvalue weighted by Gasteiger charge is -2.04. The van der Waals surface area contributed by atoms with Crippen molar-refractivity contribution in [3.8, 4) is 0 Å². The molecule has 1 rings (SSSR count). The topological polar surface area (TPSA) is 44.7 Å². The van der Waals surface area contributed by atoms with Crippen molar-refractivity contribution in [2.75, 3.05) is 19.4 Å². The van der Waals surface area contributed by atoms with Crippen LogP contribution in [0, 0.1) is 0 Å². The van der Waals surface area contributed by atoms with E-state index in [4.69, 9.17) is 0 Å². The predicted molar refractivity (Wildman–Crippen MR) is 62.6 cm³/mol. The zero-order chi connectivity index (χ0) is 11.3. The maximum atomic E-state index is 10.8. The molecule has 0 heterocycles. The van der Waals surface area contributed by atoms with Gasteiger partial charge in [-0.2, -0.15) is 0 Å². The second kappa shape index (κ2) is 5.14.